The molecule has 0 aliphatic carbocycles. The van der Waals surface area contributed by atoms with Crippen LogP contribution in [0.2, 0.25) is 0 Å². The maximum atomic E-state index is 10.1. The van der Waals surface area contributed by atoms with Crippen molar-refractivity contribution in [2.24, 2.45) is 0 Å². The van der Waals surface area contributed by atoms with Crippen LogP contribution < -0.4 is 5.32 Å². The average Bonchev–Trinajstić information content (AvgIpc) is 1.97. The lowest BCUT2D eigenvalue weighted by atomic mass is 10.2. The van der Waals surface area contributed by atoms with Crippen molar-refractivity contribution in [1.29, 1.82) is 10.5 Å². The van der Waals surface area contributed by atoms with E-state index in [1.54, 1.807) is 12.1 Å². The first-order chi connectivity index (χ1) is 5.20. The van der Waals surface area contributed by atoms with Crippen molar-refractivity contribution in [3.8, 4) is 12.1 Å². The minimum Gasteiger partial charge on any atom is -0.481 e. The average molecular weight is 153 g/mol. The van der Waals surface area contributed by atoms with Gasteiger partial charge in [0.1, 0.15) is 6.04 Å². The molecule has 0 aliphatic heterocycles. The van der Waals surface area contributed by atoms with Crippen LogP contribution in [-0.2, 0) is 4.79 Å². The number of hydrogen-bond donors (Lipinski definition) is 2. The predicted octanol–water partition coefficient (Wildman–Crippen LogP) is -0.534. The third-order valence-electron chi connectivity index (χ3n) is 0.962. The molecule has 11 heavy (non-hydrogen) atoms. The Balaban J connectivity index is 3.71. The van der Waals surface area contributed by atoms with Crippen LogP contribution in [0.25, 0.3) is 0 Å². The quantitative estimate of drug-likeness (QED) is 0.529. The molecule has 0 saturated carbocycles. The summed E-state index contributed by atoms with van der Waals surface area (Å²) in [6.45, 7) is -0.00843. The molecule has 58 valence electrons. The van der Waals surface area contributed by atoms with Crippen LogP contribution in [0.1, 0.15) is 6.42 Å². The van der Waals surface area contributed by atoms with Crippen LogP contribution in [0.4, 0.5) is 0 Å². The summed E-state index contributed by atoms with van der Waals surface area (Å²) in [4.78, 5) is 10.1. The van der Waals surface area contributed by atoms with Crippen LogP contribution in [0.3, 0.4) is 0 Å². The molecule has 0 bridgehead atoms. The van der Waals surface area contributed by atoms with Crippen LogP contribution in [-0.4, -0.2) is 23.7 Å². The van der Waals surface area contributed by atoms with Gasteiger partial charge >= 0.3 is 5.97 Å². The topological polar surface area (TPSA) is 96.9 Å². The molecule has 0 rings (SSSR count). The largest absolute Gasteiger partial charge is 0.481 e. The van der Waals surface area contributed by atoms with Crippen LogP contribution in [0.5, 0.6) is 0 Å². The summed E-state index contributed by atoms with van der Waals surface area (Å²) in [7, 11) is 0. The van der Waals surface area contributed by atoms with Gasteiger partial charge in [0.05, 0.1) is 25.1 Å². The summed E-state index contributed by atoms with van der Waals surface area (Å²) in [6, 6.07) is 2.70. The van der Waals surface area contributed by atoms with Gasteiger partial charge in [-0.15, -0.1) is 0 Å². The van der Waals surface area contributed by atoms with Crippen molar-refractivity contribution in [3.05, 3.63) is 0 Å². The predicted molar refractivity (Wildman–Crippen MR) is 35.3 cm³/mol. The Labute approximate surface area is 63.9 Å². The van der Waals surface area contributed by atoms with E-state index in [2.05, 4.69) is 5.32 Å². The lowest BCUT2D eigenvalue weighted by Gasteiger charge is -2.03. The molecule has 0 aromatic heterocycles. The molecule has 5 nitrogen and oxygen atoms in total. The molecule has 1 atom stereocenters. The summed E-state index contributed by atoms with van der Waals surface area (Å²) in [6.07, 6.45) is -0.280. The van der Waals surface area contributed by atoms with E-state index in [0.29, 0.717) is 0 Å². The second-order valence-electron chi connectivity index (χ2n) is 1.82. The summed E-state index contributed by atoms with van der Waals surface area (Å²) in [5.41, 5.74) is 0. The maximum Gasteiger partial charge on any atom is 0.306 e. The van der Waals surface area contributed by atoms with Gasteiger partial charge in [-0.2, -0.15) is 10.5 Å². The van der Waals surface area contributed by atoms with E-state index in [0.717, 1.165) is 0 Å². The Morgan fingerprint density at radius 1 is 1.64 bits per heavy atom. The number of nitriles is 2. The highest BCUT2D eigenvalue weighted by molar-refractivity contribution is 5.68. The molecule has 0 aromatic rings. The fourth-order valence-corrected chi connectivity index (χ4v) is 0.507. The van der Waals surface area contributed by atoms with Gasteiger partial charge in [-0.25, -0.2) is 0 Å². The normalized spacial score (nSPS) is 11.1. The highest BCUT2D eigenvalue weighted by Gasteiger charge is 2.09. The van der Waals surface area contributed by atoms with E-state index in [-0.39, 0.29) is 13.0 Å². The summed E-state index contributed by atoms with van der Waals surface area (Å²) in [5, 5.41) is 27.1. The van der Waals surface area contributed by atoms with Gasteiger partial charge in [0.15, 0.2) is 0 Å². The first-order valence-corrected chi connectivity index (χ1v) is 2.92. The molecular formula is C6H7N3O2. The van der Waals surface area contributed by atoms with E-state index < -0.39 is 12.0 Å². The zero-order valence-corrected chi connectivity index (χ0v) is 5.74. The van der Waals surface area contributed by atoms with Gasteiger partial charge in [-0.3, -0.25) is 10.1 Å². The molecule has 2 N–H and O–H groups in total. The van der Waals surface area contributed by atoms with Gasteiger partial charge in [0, 0.05) is 0 Å². The number of hydrogen-bond acceptors (Lipinski definition) is 4. The zero-order valence-electron chi connectivity index (χ0n) is 5.74. The van der Waals surface area contributed by atoms with Crippen LogP contribution >= 0.6 is 0 Å². The monoisotopic (exact) mass is 153 g/mol. The lowest BCUT2D eigenvalue weighted by molar-refractivity contribution is -0.137. The van der Waals surface area contributed by atoms with Gasteiger partial charge in [0.2, 0.25) is 0 Å². The number of rotatable bonds is 4. The zero-order chi connectivity index (χ0) is 8.69. The number of nitrogens with one attached hydrogen (secondary N) is 1. The summed E-state index contributed by atoms with van der Waals surface area (Å²) in [5.74, 6) is -1.05. The van der Waals surface area contributed by atoms with Crippen molar-refractivity contribution in [2.75, 3.05) is 6.54 Å². The smallest absolute Gasteiger partial charge is 0.306 e. The van der Waals surface area contributed by atoms with E-state index in [1.165, 1.54) is 0 Å². The molecule has 0 saturated heterocycles. The van der Waals surface area contributed by atoms with Crippen LogP contribution in [0.15, 0.2) is 0 Å². The van der Waals surface area contributed by atoms with Crippen molar-refractivity contribution in [2.45, 2.75) is 12.5 Å². The molecule has 0 aromatic carbocycles. The Morgan fingerprint density at radius 3 is 2.64 bits per heavy atom. The van der Waals surface area contributed by atoms with E-state index in [9.17, 15) is 4.79 Å². The molecule has 0 heterocycles. The molecular weight excluding hydrogens is 146 g/mol. The molecule has 0 amide bonds. The van der Waals surface area contributed by atoms with Gasteiger partial charge in [-0.05, 0) is 0 Å². The summed E-state index contributed by atoms with van der Waals surface area (Å²) >= 11 is 0. The minimum atomic E-state index is -1.05. The van der Waals surface area contributed by atoms with Crippen molar-refractivity contribution in [3.63, 3.8) is 0 Å². The number of carboxylic acids is 1. The molecule has 0 aliphatic rings. The van der Waals surface area contributed by atoms with Crippen molar-refractivity contribution in [1.82, 2.24) is 5.32 Å². The number of carboxylic acid groups (broad SMARTS) is 1. The number of nitrogens with zero attached hydrogens (tertiary/aromatic N) is 2. The Bertz CT molecular complexity index is 213. The van der Waals surface area contributed by atoms with Gasteiger partial charge in [0.25, 0.3) is 0 Å². The fraction of sp³-hybridized carbons (Fsp3) is 0.500. The SMILES string of the molecule is N#CCNC(C#N)CC(=O)O. The molecule has 0 spiro atoms. The number of carbonyl (C=O) groups is 1. The van der Waals surface area contributed by atoms with Crippen LogP contribution in [0, 0.1) is 22.7 Å². The first kappa shape index (κ1) is 9.41. The van der Waals surface area contributed by atoms with Crippen molar-refractivity contribution < 1.29 is 9.90 Å². The Kier molecular flexibility index (Phi) is 4.46. The van der Waals surface area contributed by atoms with E-state index >= 15 is 0 Å². The Hall–Kier alpha value is -1.59. The molecule has 5 heteroatoms. The standard InChI is InChI=1S/C6H7N3O2/c7-1-2-9-5(4-8)3-6(10)11/h5,9H,2-3H2,(H,10,11). The highest BCUT2D eigenvalue weighted by Crippen LogP contribution is 1.88. The van der Waals surface area contributed by atoms with E-state index in [1.807, 2.05) is 0 Å². The minimum absolute atomic E-state index is 0.00843. The number of aliphatic carboxylic acids is 1. The van der Waals surface area contributed by atoms with Crippen molar-refractivity contribution >= 4 is 5.97 Å². The summed E-state index contributed by atoms with van der Waals surface area (Å²) < 4.78 is 0. The Morgan fingerprint density at radius 2 is 2.27 bits per heavy atom. The fourth-order valence-electron chi connectivity index (χ4n) is 0.507. The molecule has 0 fully saturated rings. The maximum absolute atomic E-state index is 10.1. The second kappa shape index (κ2) is 5.21. The lowest BCUT2D eigenvalue weighted by Crippen LogP contribution is -2.30. The second-order valence-corrected chi connectivity index (χ2v) is 1.82. The van der Waals surface area contributed by atoms with E-state index in [4.69, 9.17) is 15.6 Å². The van der Waals surface area contributed by atoms with Gasteiger partial charge in [-0.1, -0.05) is 0 Å². The molecule has 0 radical (unpaired) electrons. The first-order valence-electron chi connectivity index (χ1n) is 2.92. The highest BCUT2D eigenvalue weighted by atomic mass is 16.4. The third kappa shape index (κ3) is 4.89. The third-order valence-corrected chi connectivity index (χ3v) is 0.962. The van der Waals surface area contributed by atoms with Gasteiger partial charge < -0.3 is 5.11 Å². The molecule has 1 unspecified atom stereocenters.